The molecule has 14 heteroatoms. The van der Waals surface area contributed by atoms with Gasteiger partial charge in [-0.05, 0) is 12.1 Å². The summed E-state index contributed by atoms with van der Waals surface area (Å²) in [4.78, 5) is 22.7. The molecule has 1 aromatic carbocycles. The van der Waals surface area contributed by atoms with Crippen LogP contribution in [0.5, 0.6) is 0 Å². The minimum absolute atomic E-state index is 0.198. The van der Waals surface area contributed by atoms with Gasteiger partial charge in [0.2, 0.25) is 0 Å². The van der Waals surface area contributed by atoms with Gasteiger partial charge in [0.25, 0.3) is 0 Å². The van der Waals surface area contributed by atoms with E-state index in [1.807, 2.05) is 6.07 Å². The van der Waals surface area contributed by atoms with Gasteiger partial charge in [-0.1, -0.05) is 18.2 Å². The van der Waals surface area contributed by atoms with E-state index in [1.165, 1.54) is 7.11 Å². The van der Waals surface area contributed by atoms with Crippen LogP contribution >= 0.6 is 0 Å². The molecule has 0 saturated heterocycles. The molecular formula is C31H52O14. The minimum Gasteiger partial charge on any atom is -0.469 e. The minimum atomic E-state index is -0.360. The van der Waals surface area contributed by atoms with Gasteiger partial charge in [-0.25, -0.2) is 4.79 Å². The molecule has 0 N–H and O–H groups in total. The molecule has 0 bridgehead atoms. The number of rotatable bonds is 34. The molecule has 0 heterocycles. The Hall–Kier alpha value is -2.24. The number of methoxy groups -OCH3 is 1. The third-order valence-electron chi connectivity index (χ3n) is 5.50. The van der Waals surface area contributed by atoms with Crippen molar-refractivity contribution in [3.63, 3.8) is 0 Å². The zero-order chi connectivity index (χ0) is 32.3. The van der Waals surface area contributed by atoms with Crippen molar-refractivity contribution in [3.05, 3.63) is 35.9 Å². The van der Waals surface area contributed by atoms with Crippen LogP contribution in [-0.2, 0) is 61.6 Å². The fourth-order valence-corrected chi connectivity index (χ4v) is 3.19. The first-order valence-electron chi connectivity index (χ1n) is 15.3. The third kappa shape index (κ3) is 28.9. The Morgan fingerprint density at radius 2 is 0.711 bits per heavy atom. The molecule has 1 aromatic rings. The molecule has 0 unspecified atom stereocenters. The summed E-state index contributed by atoms with van der Waals surface area (Å²) in [5.74, 6) is -0.649. The molecule has 1 rings (SSSR count). The average Bonchev–Trinajstić information content (AvgIpc) is 3.07. The van der Waals surface area contributed by atoms with Gasteiger partial charge in [0.15, 0.2) is 0 Å². The highest BCUT2D eigenvalue weighted by Crippen LogP contribution is 2.00. The van der Waals surface area contributed by atoms with Crippen molar-refractivity contribution >= 4 is 11.9 Å². The molecular weight excluding hydrogens is 596 g/mol. The molecule has 0 aliphatic carbocycles. The largest absolute Gasteiger partial charge is 0.469 e. The Kier molecular flexibility index (Phi) is 30.0. The van der Waals surface area contributed by atoms with Gasteiger partial charge in [-0.3, -0.25) is 4.79 Å². The van der Waals surface area contributed by atoms with Gasteiger partial charge in [0.05, 0.1) is 151 Å². The fraction of sp³-hybridized carbons (Fsp3) is 0.742. The maximum atomic E-state index is 11.8. The lowest BCUT2D eigenvalue weighted by Crippen LogP contribution is -2.15. The standard InChI is InChI=1S/C31H52O14/c1-34-30(32)7-8-35-9-10-36-11-12-37-13-14-38-15-16-39-17-18-40-19-20-41-21-22-42-23-24-43-25-26-44-27-28-45-31(33)29-5-3-2-4-6-29/h2-6H,7-28H2,1H3. The van der Waals surface area contributed by atoms with Crippen molar-refractivity contribution in [1.82, 2.24) is 0 Å². The van der Waals surface area contributed by atoms with Crippen molar-refractivity contribution in [2.24, 2.45) is 0 Å². The topological polar surface area (TPSA) is 145 Å². The molecule has 0 radical (unpaired) electrons. The van der Waals surface area contributed by atoms with Gasteiger partial charge >= 0.3 is 11.9 Å². The van der Waals surface area contributed by atoms with E-state index in [0.717, 1.165) is 0 Å². The van der Waals surface area contributed by atoms with Crippen LogP contribution in [0.4, 0.5) is 0 Å². The Bertz CT molecular complexity index is 783. The summed E-state index contributed by atoms with van der Waals surface area (Å²) in [6.07, 6.45) is 0.241. The number of esters is 2. The van der Waals surface area contributed by atoms with E-state index < -0.39 is 0 Å². The normalized spacial score (nSPS) is 11.1. The second-order valence-corrected chi connectivity index (χ2v) is 8.95. The first-order valence-corrected chi connectivity index (χ1v) is 15.3. The summed E-state index contributed by atoms with van der Waals surface area (Å²) in [6.45, 7) is 9.26. The van der Waals surface area contributed by atoms with Crippen molar-refractivity contribution in [2.45, 2.75) is 6.42 Å². The fourth-order valence-electron chi connectivity index (χ4n) is 3.19. The number of benzene rings is 1. The Morgan fingerprint density at radius 1 is 0.422 bits per heavy atom. The van der Waals surface area contributed by atoms with E-state index in [-0.39, 0.29) is 25.0 Å². The lowest BCUT2D eigenvalue weighted by Gasteiger charge is -2.09. The summed E-state index contributed by atoms with van der Waals surface area (Å²) in [5.41, 5.74) is 0.522. The predicted molar refractivity (Wildman–Crippen MR) is 162 cm³/mol. The van der Waals surface area contributed by atoms with E-state index in [9.17, 15) is 9.59 Å². The van der Waals surface area contributed by atoms with Gasteiger partial charge in [0, 0.05) is 0 Å². The zero-order valence-electron chi connectivity index (χ0n) is 26.7. The zero-order valence-corrected chi connectivity index (χ0v) is 26.7. The van der Waals surface area contributed by atoms with Crippen LogP contribution in [0.1, 0.15) is 16.8 Å². The number of carbonyl (C=O) groups is 2. The van der Waals surface area contributed by atoms with E-state index >= 15 is 0 Å². The predicted octanol–water partition coefficient (Wildman–Crippen LogP) is 1.57. The van der Waals surface area contributed by atoms with E-state index in [1.54, 1.807) is 24.3 Å². The van der Waals surface area contributed by atoms with Crippen molar-refractivity contribution in [2.75, 3.05) is 146 Å². The molecule has 260 valence electrons. The summed E-state index contributed by atoms with van der Waals surface area (Å²) < 4.78 is 63.8. The van der Waals surface area contributed by atoms with Crippen molar-refractivity contribution in [3.8, 4) is 0 Å². The highest BCUT2D eigenvalue weighted by Gasteiger charge is 2.05. The third-order valence-corrected chi connectivity index (χ3v) is 5.50. The van der Waals surface area contributed by atoms with E-state index in [0.29, 0.717) is 138 Å². The van der Waals surface area contributed by atoms with Gasteiger partial charge < -0.3 is 56.8 Å². The van der Waals surface area contributed by atoms with Crippen LogP contribution < -0.4 is 0 Å². The molecule has 0 fully saturated rings. The maximum absolute atomic E-state index is 11.8. The molecule has 0 saturated carbocycles. The maximum Gasteiger partial charge on any atom is 0.338 e. The summed E-state index contributed by atoms with van der Waals surface area (Å²) >= 11 is 0. The quantitative estimate of drug-likeness (QED) is 0.0787. The molecule has 0 aliphatic heterocycles. The second kappa shape index (κ2) is 33.1. The number of ether oxygens (including phenoxy) is 12. The van der Waals surface area contributed by atoms with Crippen LogP contribution in [-0.4, -0.2) is 158 Å². The molecule has 0 aliphatic rings. The smallest absolute Gasteiger partial charge is 0.338 e. The van der Waals surface area contributed by atoms with Crippen LogP contribution in [0, 0.1) is 0 Å². The van der Waals surface area contributed by atoms with Crippen LogP contribution in [0.15, 0.2) is 30.3 Å². The average molecular weight is 649 g/mol. The van der Waals surface area contributed by atoms with Crippen molar-refractivity contribution in [1.29, 1.82) is 0 Å². The Morgan fingerprint density at radius 3 is 1.02 bits per heavy atom. The van der Waals surface area contributed by atoms with E-state index in [4.69, 9.17) is 52.1 Å². The number of carbonyl (C=O) groups excluding carboxylic acids is 2. The summed E-state index contributed by atoms with van der Waals surface area (Å²) in [5, 5.41) is 0. The second-order valence-electron chi connectivity index (χ2n) is 8.95. The molecule has 45 heavy (non-hydrogen) atoms. The number of hydrogen-bond acceptors (Lipinski definition) is 14. The first kappa shape index (κ1) is 40.8. The van der Waals surface area contributed by atoms with E-state index in [2.05, 4.69) is 4.74 Å². The lowest BCUT2D eigenvalue weighted by molar-refractivity contribution is -0.141. The summed E-state index contributed by atoms with van der Waals surface area (Å²) in [6, 6.07) is 8.83. The van der Waals surface area contributed by atoms with Crippen molar-refractivity contribution < 1.29 is 66.4 Å². The first-order chi connectivity index (χ1) is 22.2. The highest BCUT2D eigenvalue weighted by molar-refractivity contribution is 5.89. The van der Waals surface area contributed by atoms with Gasteiger partial charge in [0.1, 0.15) is 6.61 Å². The van der Waals surface area contributed by atoms with Crippen LogP contribution in [0.2, 0.25) is 0 Å². The SMILES string of the molecule is COC(=O)CCOCCOCCOCCOCCOCCOCCOCCOCCOCCOCCOC(=O)c1ccccc1. The monoisotopic (exact) mass is 648 g/mol. The van der Waals surface area contributed by atoms with Gasteiger partial charge in [-0.2, -0.15) is 0 Å². The molecule has 0 amide bonds. The Balaban J connectivity index is 1.64. The summed E-state index contributed by atoms with van der Waals surface area (Å²) in [7, 11) is 1.35. The molecule has 0 atom stereocenters. The van der Waals surface area contributed by atoms with Gasteiger partial charge in [-0.15, -0.1) is 0 Å². The lowest BCUT2D eigenvalue weighted by atomic mass is 10.2. The molecule has 14 nitrogen and oxygen atoms in total. The Labute approximate surface area is 266 Å². The van der Waals surface area contributed by atoms with Crippen LogP contribution in [0.25, 0.3) is 0 Å². The number of hydrogen-bond donors (Lipinski definition) is 0. The van der Waals surface area contributed by atoms with Crippen LogP contribution in [0.3, 0.4) is 0 Å². The highest BCUT2D eigenvalue weighted by atomic mass is 16.6. The molecule has 0 spiro atoms. The molecule has 0 aromatic heterocycles.